The Morgan fingerprint density at radius 1 is 1.18 bits per heavy atom. The molecule has 0 N–H and O–H groups in total. The summed E-state index contributed by atoms with van der Waals surface area (Å²) in [5, 5.41) is 0. The molecule has 1 fully saturated rings. The van der Waals surface area contributed by atoms with Gasteiger partial charge in [-0.1, -0.05) is 43.7 Å². The summed E-state index contributed by atoms with van der Waals surface area (Å²) in [6.45, 7) is 6.35. The molecule has 22 heavy (non-hydrogen) atoms. The molecule has 0 bridgehead atoms. The van der Waals surface area contributed by atoms with Gasteiger partial charge >= 0.3 is 0 Å². The molecule has 1 aromatic carbocycles. The van der Waals surface area contributed by atoms with Crippen molar-refractivity contribution in [1.82, 2.24) is 4.90 Å². The van der Waals surface area contributed by atoms with Gasteiger partial charge in [0.15, 0.2) is 0 Å². The molecule has 1 amide bonds. The molecule has 1 heterocycles. The Bertz CT molecular complexity index is 505. The molecule has 0 aromatic heterocycles. The number of carbonyl (C=O) groups is 2. The van der Waals surface area contributed by atoms with E-state index in [0.29, 0.717) is 6.42 Å². The van der Waals surface area contributed by atoms with E-state index in [4.69, 9.17) is 0 Å². The predicted octanol–water partition coefficient (Wildman–Crippen LogP) is 4.05. The first-order valence-electron chi connectivity index (χ1n) is 8.44. The minimum Gasteiger partial charge on any atom is -0.332 e. The summed E-state index contributed by atoms with van der Waals surface area (Å²) in [5.41, 5.74) is 2.45. The molecule has 3 heteroatoms. The first-order valence-corrected chi connectivity index (χ1v) is 8.44. The molecular formula is C19H27NO2. The SMILES string of the molecule is CCC(CC)N1C(=O)C(CC=O)CCC1c1ccc(C)cc1. The highest BCUT2D eigenvalue weighted by atomic mass is 16.2. The molecule has 120 valence electrons. The second kappa shape index (κ2) is 7.57. The lowest BCUT2D eigenvalue weighted by Crippen LogP contribution is -2.48. The van der Waals surface area contributed by atoms with Crippen LogP contribution in [0.1, 0.15) is 63.1 Å². The van der Waals surface area contributed by atoms with Crippen LogP contribution in [0.25, 0.3) is 0 Å². The number of hydrogen-bond acceptors (Lipinski definition) is 2. The van der Waals surface area contributed by atoms with Crippen molar-refractivity contribution in [3.63, 3.8) is 0 Å². The molecule has 0 radical (unpaired) electrons. The Morgan fingerprint density at radius 3 is 2.36 bits per heavy atom. The molecule has 3 nitrogen and oxygen atoms in total. The van der Waals surface area contributed by atoms with Crippen molar-refractivity contribution in [3.8, 4) is 0 Å². The van der Waals surface area contributed by atoms with Crippen molar-refractivity contribution in [2.24, 2.45) is 5.92 Å². The van der Waals surface area contributed by atoms with Gasteiger partial charge in [0, 0.05) is 18.4 Å². The molecule has 1 aromatic rings. The predicted molar refractivity (Wildman–Crippen MR) is 88.5 cm³/mol. The van der Waals surface area contributed by atoms with E-state index in [1.807, 2.05) is 0 Å². The van der Waals surface area contributed by atoms with Crippen molar-refractivity contribution in [2.45, 2.75) is 65.0 Å². The maximum absolute atomic E-state index is 12.9. The Hall–Kier alpha value is -1.64. The summed E-state index contributed by atoms with van der Waals surface area (Å²) in [7, 11) is 0. The number of aryl methyl sites for hydroxylation is 1. The summed E-state index contributed by atoms with van der Waals surface area (Å²) in [4.78, 5) is 25.8. The smallest absolute Gasteiger partial charge is 0.226 e. The van der Waals surface area contributed by atoms with Gasteiger partial charge < -0.3 is 9.69 Å². The average molecular weight is 301 g/mol. The minimum absolute atomic E-state index is 0.125. The molecule has 0 spiro atoms. The fourth-order valence-electron chi connectivity index (χ4n) is 3.55. The van der Waals surface area contributed by atoms with Crippen molar-refractivity contribution in [1.29, 1.82) is 0 Å². The van der Waals surface area contributed by atoms with Gasteiger partial charge in [-0.2, -0.15) is 0 Å². The molecule has 0 saturated carbocycles. The van der Waals surface area contributed by atoms with E-state index in [-0.39, 0.29) is 23.9 Å². The van der Waals surface area contributed by atoms with Gasteiger partial charge in [0.1, 0.15) is 6.29 Å². The van der Waals surface area contributed by atoms with Crippen LogP contribution in [0.2, 0.25) is 0 Å². The maximum Gasteiger partial charge on any atom is 0.226 e. The van der Waals surface area contributed by atoms with Crippen LogP contribution in [-0.4, -0.2) is 23.1 Å². The Balaban J connectivity index is 2.32. The Morgan fingerprint density at radius 2 is 1.82 bits per heavy atom. The summed E-state index contributed by atoms with van der Waals surface area (Å²) < 4.78 is 0. The van der Waals surface area contributed by atoms with E-state index in [1.54, 1.807) is 0 Å². The zero-order chi connectivity index (χ0) is 16.1. The van der Waals surface area contributed by atoms with Crippen LogP contribution in [0, 0.1) is 12.8 Å². The van der Waals surface area contributed by atoms with Gasteiger partial charge in [-0.15, -0.1) is 0 Å². The highest BCUT2D eigenvalue weighted by molar-refractivity contribution is 5.82. The monoisotopic (exact) mass is 301 g/mol. The van der Waals surface area contributed by atoms with Gasteiger partial charge in [-0.3, -0.25) is 4.79 Å². The lowest BCUT2D eigenvalue weighted by atomic mass is 9.85. The van der Waals surface area contributed by atoms with Crippen molar-refractivity contribution < 1.29 is 9.59 Å². The first-order chi connectivity index (χ1) is 10.6. The zero-order valence-electron chi connectivity index (χ0n) is 13.9. The summed E-state index contributed by atoms with van der Waals surface area (Å²) in [5.74, 6) is 0.0393. The van der Waals surface area contributed by atoms with E-state index in [1.165, 1.54) is 11.1 Å². The number of nitrogens with zero attached hydrogens (tertiary/aromatic N) is 1. The molecule has 0 aliphatic carbocycles. The van der Waals surface area contributed by atoms with E-state index in [0.717, 1.165) is 32.0 Å². The van der Waals surface area contributed by atoms with Crippen LogP contribution in [0.5, 0.6) is 0 Å². The maximum atomic E-state index is 12.9. The van der Waals surface area contributed by atoms with Gasteiger partial charge in [0.25, 0.3) is 0 Å². The van der Waals surface area contributed by atoms with Gasteiger partial charge in [0.2, 0.25) is 5.91 Å². The van der Waals surface area contributed by atoms with E-state index >= 15 is 0 Å². The van der Waals surface area contributed by atoms with Gasteiger partial charge in [-0.05, 0) is 38.2 Å². The van der Waals surface area contributed by atoms with Crippen molar-refractivity contribution >= 4 is 12.2 Å². The summed E-state index contributed by atoms with van der Waals surface area (Å²) >= 11 is 0. The number of rotatable bonds is 6. The van der Waals surface area contributed by atoms with Crippen molar-refractivity contribution in [3.05, 3.63) is 35.4 Å². The molecule has 2 unspecified atom stereocenters. The topological polar surface area (TPSA) is 37.4 Å². The largest absolute Gasteiger partial charge is 0.332 e. The second-order valence-electron chi connectivity index (χ2n) is 6.32. The fourth-order valence-corrected chi connectivity index (χ4v) is 3.55. The number of carbonyl (C=O) groups excluding carboxylic acids is 2. The number of benzene rings is 1. The lowest BCUT2D eigenvalue weighted by Gasteiger charge is -2.43. The van der Waals surface area contributed by atoms with Crippen LogP contribution in [0.15, 0.2) is 24.3 Å². The van der Waals surface area contributed by atoms with Crippen LogP contribution in [0.4, 0.5) is 0 Å². The van der Waals surface area contributed by atoms with Crippen molar-refractivity contribution in [2.75, 3.05) is 0 Å². The third-order valence-electron chi connectivity index (χ3n) is 4.91. The number of hydrogen-bond donors (Lipinski definition) is 0. The van der Waals surface area contributed by atoms with Gasteiger partial charge in [0.05, 0.1) is 6.04 Å². The molecule has 1 saturated heterocycles. The Kier molecular flexibility index (Phi) is 5.76. The summed E-state index contributed by atoms with van der Waals surface area (Å²) in [6.07, 6.45) is 4.92. The van der Waals surface area contributed by atoms with E-state index < -0.39 is 0 Å². The fraction of sp³-hybridized carbons (Fsp3) is 0.579. The third kappa shape index (κ3) is 3.40. The van der Waals surface area contributed by atoms with Crippen LogP contribution >= 0.6 is 0 Å². The molecular weight excluding hydrogens is 274 g/mol. The highest BCUT2D eigenvalue weighted by Crippen LogP contribution is 2.38. The Labute approximate surface area is 133 Å². The van der Waals surface area contributed by atoms with Crippen LogP contribution in [0.3, 0.4) is 0 Å². The second-order valence-corrected chi connectivity index (χ2v) is 6.32. The van der Waals surface area contributed by atoms with E-state index in [2.05, 4.69) is 49.9 Å². The lowest BCUT2D eigenvalue weighted by molar-refractivity contribution is -0.146. The molecule has 2 rings (SSSR count). The van der Waals surface area contributed by atoms with Gasteiger partial charge in [-0.25, -0.2) is 0 Å². The zero-order valence-corrected chi connectivity index (χ0v) is 13.9. The normalized spacial score (nSPS) is 22.2. The standard InChI is InChI=1S/C19H27NO2/c1-4-17(5-2)20-18(15-8-6-14(3)7-9-15)11-10-16(12-13-21)19(20)22/h6-9,13,16-18H,4-5,10-12H2,1-3H3. The quantitative estimate of drug-likeness (QED) is 0.743. The molecule has 2 atom stereocenters. The third-order valence-corrected chi connectivity index (χ3v) is 4.91. The number of amides is 1. The number of likely N-dealkylation sites (tertiary alicyclic amines) is 1. The highest BCUT2D eigenvalue weighted by Gasteiger charge is 2.38. The first kappa shape index (κ1) is 16.7. The molecule has 1 aliphatic heterocycles. The number of piperidine rings is 1. The minimum atomic E-state index is -0.125. The molecule has 1 aliphatic rings. The summed E-state index contributed by atoms with van der Waals surface area (Å²) in [6, 6.07) is 8.92. The number of aldehydes is 1. The van der Waals surface area contributed by atoms with Crippen LogP contribution in [-0.2, 0) is 9.59 Å². The van der Waals surface area contributed by atoms with E-state index in [9.17, 15) is 9.59 Å². The average Bonchev–Trinajstić information content (AvgIpc) is 2.53. The van der Waals surface area contributed by atoms with Crippen LogP contribution < -0.4 is 0 Å².